The zero-order chi connectivity index (χ0) is 20.8. The number of para-hydroxylation sites is 1. The van der Waals surface area contributed by atoms with Gasteiger partial charge in [-0.25, -0.2) is 4.98 Å². The predicted molar refractivity (Wildman–Crippen MR) is 112 cm³/mol. The highest BCUT2D eigenvalue weighted by molar-refractivity contribution is 5.87. The van der Waals surface area contributed by atoms with Crippen LogP contribution in [-0.4, -0.2) is 45.8 Å². The van der Waals surface area contributed by atoms with Crippen LogP contribution in [-0.2, 0) is 9.53 Å². The number of nitrogens with one attached hydrogen (secondary N) is 1. The van der Waals surface area contributed by atoms with Crippen molar-refractivity contribution in [3.63, 3.8) is 0 Å². The second-order valence-electron chi connectivity index (χ2n) is 7.51. The third kappa shape index (κ3) is 4.93. The Morgan fingerprint density at radius 2 is 2.03 bits per heavy atom. The van der Waals surface area contributed by atoms with E-state index in [4.69, 9.17) is 14.5 Å². The molecule has 2 heterocycles. The molecule has 29 heavy (non-hydrogen) atoms. The first-order chi connectivity index (χ1) is 14.0. The average molecular weight is 399 g/mol. The molecule has 0 bridgehead atoms. The molecule has 0 spiro atoms. The van der Waals surface area contributed by atoms with Crippen LogP contribution in [0, 0.1) is 12.8 Å². The third-order valence-corrected chi connectivity index (χ3v) is 4.63. The van der Waals surface area contributed by atoms with E-state index in [-0.39, 0.29) is 5.97 Å². The fourth-order valence-electron chi connectivity index (χ4n) is 3.16. The molecule has 8 nitrogen and oxygen atoms in total. The van der Waals surface area contributed by atoms with Crippen molar-refractivity contribution in [2.75, 3.05) is 25.6 Å². The number of nitrogens with zero attached hydrogens (tertiary/aromatic N) is 4. The largest absolute Gasteiger partial charge is 0.494 e. The van der Waals surface area contributed by atoms with Gasteiger partial charge in [-0.3, -0.25) is 9.20 Å². The predicted octanol–water partition coefficient (Wildman–Crippen LogP) is 3.77. The second kappa shape index (κ2) is 9.54. The van der Waals surface area contributed by atoms with Gasteiger partial charge in [-0.1, -0.05) is 26.3 Å². The van der Waals surface area contributed by atoms with Gasteiger partial charge in [0.05, 0.1) is 19.2 Å². The van der Waals surface area contributed by atoms with E-state index in [9.17, 15) is 4.79 Å². The lowest BCUT2D eigenvalue weighted by Crippen LogP contribution is -2.10. The Kier molecular flexibility index (Phi) is 6.85. The molecular weight excluding hydrogens is 370 g/mol. The van der Waals surface area contributed by atoms with Crippen molar-refractivity contribution in [3.8, 4) is 5.75 Å². The molecule has 0 saturated carbocycles. The van der Waals surface area contributed by atoms with E-state index < -0.39 is 0 Å². The molecule has 2 aromatic heterocycles. The summed E-state index contributed by atoms with van der Waals surface area (Å²) in [6.07, 6.45) is 3.13. The van der Waals surface area contributed by atoms with Crippen LogP contribution in [0.25, 0.3) is 16.7 Å². The minimum atomic E-state index is -0.115. The summed E-state index contributed by atoms with van der Waals surface area (Å²) >= 11 is 0. The maximum absolute atomic E-state index is 11.7. The summed E-state index contributed by atoms with van der Waals surface area (Å²) in [5.41, 5.74) is 2.37. The number of rotatable bonds is 10. The minimum absolute atomic E-state index is 0.115. The van der Waals surface area contributed by atoms with Crippen molar-refractivity contribution in [1.82, 2.24) is 19.6 Å². The number of unbranched alkanes of at least 4 members (excludes halogenated alkanes) is 2. The van der Waals surface area contributed by atoms with Gasteiger partial charge in [-0.15, -0.1) is 10.2 Å². The van der Waals surface area contributed by atoms with Gasteiger partial charge in [-0.2, -0.15) is 0 Å². The number of aromatic nitrogens is 4. The van der Waals surface area contributed by atoms with Crippen molar-refractivity contribution in [3.05, 3.63) is 24.0 Å². The number of fused-ring (bicyclic) bond motifs is 3. The molecule has 0 unspecified atom stereocenters. The number of hydrogen-bond donors (Lipinski definition) is 1. The molecule has 3 rings (SSSR count). The highest BCUT2D eigenvalue weighted by Crippen LogP contribution is 2.28. The number of esters is 1. The van der Waals surface area contributed by atoms with Crippen molar-refractivity contribution < 1.29 is 14.3 Å². The molecule has 0 aliphatic carbocycles. The van der Waals surface area contributed by atoms with Gasteiger partial charge in [0.25, 0.3) is 0 Å². The Bertz CT molecular complexity index is 983. The number of anilines is 1. The molecule has 156 valence electrons. The lowest BCUT2D eigenvalue weighted by atomic mass is 10.2. The van der Waals surface area contributed by atoms with E-state index >= 15 is 0 Å². The highest BCUT2D eigenvalue weighted by atomic mass is 16.5. The molecule has 1 N–H and O–H groups in total. The SMILES string of the molecule is COc1cccc2c1nc(NCCCCCC(=O)OCC(C)C)c1nnc(C)n12. The molecule has 8 heteroatoms. The number of ether oxygens (including phenoxy) is 2. The topological polar surface area (TPSA) is 90.6 Å². The fraction of sp³-hybridized carbons (Fsp3) is 0.524. The maximum atomic E-state index is 11.7. The quantitative estimate of drug-likeness (QED) is 0.410. The van der Waals surface area contributed by atoms with Crippen LogP contribution in [0.15, 0.2) is 18.2 Å². The van der Waals surface area contributed by atoms with Gasteiger partial charge >= 0.3 is 5.97 Å². The third-order valence-electron chi connectivity index (χ3n) is 4.63. The molecule has 0 aliphatic heterocycles. The molecule has 0 saturated heterocycles. The van der Waals surface area contributed by atoms with Crippen molar-refractivity contribution in [2.24, 2.45) is 5.92 Å². The Morgan fingerprint density at radius 3 is 2.79 bits per heavy atom. The smallest absolute Gasteiger partial charge is 0.305 e. The van der Waals surface area contributed by atoms with E-state index in [1.807, 2.05) is 43.4 Å². The Hall–Kier alpha value is -2.90. The van der Waals surface area contributed by atoms with Crippen LogP contribution in [0.1, 0.15) is 45.4 Å². The monoisotopic (exact) mass is 399 g/mol. The van der Waals surface area contributed by atoms with Gasteiger partial charge in [0.1, 0.15) is 17.1 Å². The second-order valence-corrected chi connectivity index (χ2v) is 7.51. The molecule has 1 aromatic carbocycles. The first-order valence-corrected chi connectivity index (χ1v) is 10.1. The van der Waals surface area contributed by atoms with Gasteiger partial charge in [0.2, 0.25) is 5.65 Å². The number of carbonyl (C=O) groups excluding carboxylic acids is 1. The summed E-state index contributed by atoms with van der Waals surface area (Å²) in [5.74, 6) is 2.44. The van der Waals surface area contributed by atoms with Crippen LogP contribution < -0.4 is 10.1 Å². The molecule has 0 aliphatic rings. The summed E-state index contributed by atoms with van der Waals surface area (Å²) in [6, 6.07) is 5.81. The molecular formula is C21H29N5O3. The summed E-state index contributed by atoms with van der Waals surface area (Å²) in [6.45, 7) is 7.20. The van der Waals surface area contributed by atoms with Gasteiger partial charge in [-0.05, 0) is 37.8 Å². The molecule has 0 atom stereocenters. The Balaban J connectivity index is 1.61. The number of carbonyl (C=O) groups is 1. The van der Waals surface area contributed by atoms with E-state index in [1.54, 1.807) is 7.11 Å². The minimum Gasteiger partial charge on any atom is -0.494 e. The molecule has 0 fully saturated rings. The van der Waals surface area contributed by atoms with Crippen LogP contribution in [0.2, 0.25) is 0 Å². The summed E-state index contributed by atoms with van der Waals surface area (Å²) in [4.78, 5) is 16.4. The Morgan fingerprint density at radius 1 is 1.21 bits per heavy atom. The van der Waals surface area contributed by atoms with E-state index in [2.05, 4.69) is 15.5 Å². The standard InChI is InChI=1S/C21H29N5O3/c1-14(2)13-29-18(27)11-6-5-7-12-22-20-21-25-24-15(3)26(21)16-9-8-10-17(28-4)19(16)23-20/h8-10,14H,5-7,11-13H2,1-4H3,(H,22,23). The van der Waals surface area contributed by atoms with Crippen LogP contribution >= 0.6 is 0 Å². The van der Waals surface area contributed by atoms with Crippen molar-refractivity contribution in [1.29, 1.82) is 0 Å². The number of aryl methyl sites for hydroxylation is 1. The number of benzene rings is 1. The lowest BCUT2D eigenvalue weighted by molar-refractivity contribution is -0.144. The van der Waals surface area contributed by atoms with Crippen molar-refractivity contribution >= 4 is 28.5 Å². The number of methoxy groups -OCH3 is 1. The van der Waals surface area contributed by atoms with Crippen LogP contribution in [0.3, 0.4) is 0 Å². The van der Waals surface area contributed by atoms with E-state index in [1.165, 1.54) is 0 Å². The highest BCUT2D eigenvalue weighted by Gasteiger charge is 2.15. The Labute approximate surface area is 170 Å². The summed E-state index contributed by atoms with van der Waals surface area (Å²) < 4.78 is 12.7. The molecule has 0 amide bonds. The molecule has 3 aromatic rings. The average Bonchev–Trinajstić information content (AvgIpc) is 3.10. The molecule has 0 radical (unpaired) electrons. The maximum Gasteiger partial charge on any atom is 0.305 e. The van der Waals surface area contributed by atoms with E-state index in [0.29, 0.717) is 36.2 Å². The van der Waals surface area contributed by atoms with Crippen molar-refractivity contribution in [2.45, 2.75) is 46.5 Å². The van der Waals surface area contributed by atoms with Gasteiger partial charge in [0, 0.05) is 13.0 Å². The van der Waals surface area contributed by atoms with Gasteiger partial charge < -0.3 is 14.8 Å². The zero-order valence-electron chi connectivity index (χ0n) is 17.6. The van der Waals surface area contributed by atoms with Gasteiger partial charge in [0.15, 0.2) is 5.82 Å². The normalized spacial score (nSPS) is 11.3. The number of hydrogen-bond acceptors (Lipinski definition) is 7. The lowest BCUT2D eigenvalue weighted by Gasteiger charge is -2.11. The van der Waals surface area contributed by atoms with Crippen LogP contribution in [0.4, 0.5) is 5.82 Å². The van der Waals surface area contributed by atoms with Crippen LogP contribution in [0.5, 0.6) is 5.75 Å². The summed E-state index contributed by atoms with van der Waals surface area (Å²) in [5, 5.41) is 11.9. The summed E-state index contributed by atoms with van der Waals surface area (Å²) in [7, 11) is 1.64. The zero-order valence-corrected chi connectivity index (χ0v) is 17.6. The first-order valence-electron chi connectivity index (χ1n) is 10.1. The van der Waals surface area contributed by atoms with E-state index in [0.717, 1.165) is 42.7 Å². The first kappa shape index (κ1) is 20.8. The fourth-order valence-corrected chi connectivity index (χ4v) is 3.16.